The van der Waals surface area contributed by atoms with Gasteiger partial charge in [-0.2, -0.15) is 0 Å². The van der Waals surface area contributed by atoms with Crippen molar-refractivity contribution in [2.45, 2.75) is 5.72 Å². The maximum absolute atomic E-state index is 10.7. The Hall–Kier alpha value is -0.270. The number of aliphatic imine (C=N–C) groups is 1. The second kappa shape index (κ2) is 3.89. The average Bonchev–Trinajstić information content (AvgIpc) is 2.85. The molecule has 16 heavy (non-hydrogen) atoms. The van der Waals surface area contributed by atoms with Crippen molar-refractivity contribution < 1.29 is 5.11 Å². The molecule has 1 aromatic carbocycles. The van der Waals surface area contributed by atoms with Crippen LogP contribution in [0.25, 0.3) is 0 Å². The minimum atomic E-state index is -0.857. The Morgan fingerprint density at radius 3 is 2.88 bits per heavy atom. The number of halogens is 1. The van der Waals surface area contributed by atoms with Crippen molar-refractivity contribution in [3.05, 3.63) is 33.4 Å². The second-order valence-corrected chi connectivity index (χ2v) is 6.12. The van der Waals surface area contributed by atoms with Crippen LogP contribution in [0.2, 0.25) is 0 Å². The Morgan fingerprint density at radius 1 is 1.38 bits per heavy atom. The number of hydrogen-bond donors (Lipinski definition) is 1. The first-order valence-corrected chi connectivity index (χ1v) is 7.20. The molecule has 5 heteroatoms. The van der Waals surface area contributed by atoms with E-state index in [4.69, 9.17) is 0 Å². The molecule has 1 atom stereocenters. The predicted molar refractivity (Wildman–Crippen MR) is 74.5 cm³/mol. The summed E-state index contributed by atoms with van der Waals surface area (Å²) >= 11 is 3.91. The van der Waals surface area contributed by atoms with E-state index in [1.807, 2.05) is 29.2 Å². The Labute approximate surface area is 112 Å². The van der Waals surface area contributed by atoms with Gasteiger partial charge in [-0.15, -0.1) is 0 Å². The highest BCUT2D eigenvalue weighted by atomic mass is 127. The zero-order chi connectivity index (χ0) is 11.2. The van der Waals surface area contributed by atoms with E-state index in [1.54, 1.807) is 11.8 Å². The second-order valence-electron chi connectivity index (χ2n) is 3.93. The first-order chi connectivity index (χ1) is 7.70. The monoisotopic (exact) mass is 346 g/mol. The smallest absolute Gasteiger partial charge is 0.175 e. The van der Waals surface area contributed by atoms with Gasteiger partial charge in [0.1, 0.15) is 0 Å². The molecule has 2 heterocycles. The molecule has 2 aliphatic heterocycles. The van der Waals surface area contributed by atoms with E-state index in [0.29, 0.717) is 5.75 Å². The lowest BCUT2D eigenvalue weighted by atomic mass is 10.0. The summed E-state index contributed by atoms with van der Waals surface area (Å²) in [4.78, 5) is 6.39. The quantitative estimate of drug-likeness (QED) is 0.789. The van der Waals surface area contributed by atoms with Crippen molar-refractivity contribution in [1.29, 1.82) is 0 Å². The van der Waals surface area contributed by atoms with E-state index in [1.165, 1.54) is 3.57 Å². The summed E-state index contributed by atoms with van der Waals surface area (Å²) < 4.78 is 1.19. The lowest BCUT2D eigenvalue weighted by molar-refractivity contribution is -0.0425. The molecule has 84 valence electrons. The molecule has 1 fully saturated rings. The highest BCUT2D eigenvalue weighted by Crippen LogP contribution is 2.40. The number of thioether (sulfide) groups is 1. The van der Waals surface area contributed by atoms with Crippen LogP contribution in [0.4, 0.5) is 0 Å². The van der Waals surface area contributed by atoms with Crippen LogP contribution in [0.1, 0.15) is 5.56 Å². The molecule has 0 unspecified atom stereocenters. The zero-order valence-electron chi connectivity index (χ0n) is 8.56. The van der Waals surface area contributed by atoms with Crippen LogP contribution >= 0.6 is 34.4 Å². The van der Waals surface area contributed by atoms with Crippen molar-refractivity contribution in [1.82, 2.24) is 4.90 Å². The van der Waals surface area contributed by atoms with Crippen molar-refractivity contribution in [3.63, 3.8) is 0 Å². The van der Waals surface area contributed by atoms with Crippen molar-refractivity contribution in [3.8, 4) is 0 Å². The van der Waals surface area contributed by atoms with Gasteiger partial charge < -0.3 is 10.0 Å². The number of amidine groups is 1. The average molecular weight is 346 g/mol. The van der Waals surface area contributed by atoms with Crippen LogP contribution in [-0.4, -0.2) is 34.0 Å². The normalized spacial score (nSPS) is 28.1. The maximum Gasteiger partial charge on any atom is 0.175 e. The number of benzene rings is 1. The minimum Gasteiger partial charge on any atom is -0.366 e. The van der Waals surface area contributed by atoms with E-state index < -0.39 is 5.72 Å². The van der Waals surface area contributed by atoms with Gasteiger partial charge in [0.2, 0.25) is 0 Å². The third-order valence-electron chi connectivity index (χ3n) is 2.96. The number of aliphatic hydroxyl groups is 1. The Bertz CT molecular complexity index is 448. The van der Waals surface area contributed by atoms with Gasteiger partial charge in [0.05, 0.1) is 12.3 Å². The molecule has 0 radical (unpaired) electrons. The minimum absolute atomic E-state index is 0.673. The Morgan fingerprint density at radius 2 is 2.12 bits per heavy atom. The van der Waals surface area contributed by atoms with E-state index in [9.17, 15) is 5.11 Å². The fourth-order valence-corrected chi connectivity index (χ4v) is 3.69. The molecule has 1 aromatic rings. The molecule has 3 nitrogen and oxygen atoms in total. The molecule has 1 N–H and O–H groups in total. The first-order valence-electron chi connectivity index (χ1n) is 5.13. The van der Waals surface area contributed by atoms with Crippen LogP contribution in [0.3, 0.4) is 0 Å². The molecule has 0 bridgehead atoms. The summed E-state index contributed by atoms with van der Waals surface area (Å²) in [7, 11) is 0. The molecule has 0 amide bonds. The molecule has 0 saturated carbocycles. The van der Waals surface area contributed by atoms with Gasteiger partial charge in [-0.25, -0.2) is 0 Å². The Kier molecular flexibility index (Phi) is 2.64. The molecule has 0 aromatic heterocycles. The van der Waals surface area contributed by atoms with Gasteiger partial charge in [0.15, 0.2) is 10.9 Å². The molecule has 2 aliphatic rings. The standard InChI is InChI=1S/C11H11IN2OS/c12-9-3-1-8(2-4-9)11(15)7-16-10-13-5-6-14(10)11/h1-4,15H,5-7H2/t11-/m0/s1. The van der Waals surface area contributed by atoms with Crippen LogP contribution in [0.5, 0.6) is 0 Å². The van der Waals surface area contributed by atoms with E-state index in [0.717, 1.165) is 23.8 Å². The number of fused-ring (bicyclic) bond motifs is 1. The largest absolute Gasteiger partial charge is 0.366 e. The van der Waals surface area contributed by atoms with Gasteiger partial charge in [0, 0.05) is 15.7 Å². The molecule has 0 aliphatic carbocycles. The summed E-state index contributed by atoms with van der Waals surface area (Å²) in [5.41, 5.74) is 0.108. The molecule has 0 spiro atoms. The predicted octanol–water partition coefficient (Wildman–Crippen LogP) is 1.85. The third-order valence-corrected chi connectivity index (χ3v) is 4.83. The zero-order valence-corrected chi connectivity index (χ0v) is 11.5. The van der Waals surface area contributed by atoms with Crippen LogP contribution in [0.15, 0.2) is 29.3 Å². The SMILES string of the molecule is O[C@]1(c2ccc(I)cc2)CSC2=NCCN21. The van der Waals surface area contributed by atoms with Crippen molar-refractivity contribution >= 4 is 39.5 Å². The first kappa shape index (κ1) is 10.9. The van der Waals surface area contributed by atoms with E-state index in [-0.39, 0.29) is 0 Å². The fourth-order valence-electron chi connectivity index (χ4n) is 2.09. The molecular formula is C11H11IN2OS. The van der Waals surface area contributed by atoms with Crippen molar-refractivity contribution in [2.24, 2.45) is 4.99 Å². The summed E-state index contributed by atoms with van der Waals surface area (Å²) in [6.07, 6.45) is 0. The fraction of sp³-hybridized carbons (Fsp3) is 0.364. The van der Waals surface area contributed by atoms with Crippen LogP contribution in [-0.2, 0) is 5.72 Å². The topological polar surface area (TPSA) is 35.8 Å². The van der Waals surface area contributed by atoms with Gasteiger partial charge in [-0.05, 0) is 34.7 Å². The highest BCUT2D eigenvalue weighted by molar-refractivity contribution is 14.1. The number of rotatable bonds is 1. The maximum atomic E-state index is 10.7. The molecular weight excluding hydrogens is 335 g/mol. The van der Waals surface area contributed by atoms with Crippen LogP contribution < -0.4 is 0 Å². The van der Waals surface area contributed by atoms with Crippen molar-refractivity contribution in [2.75, 3.05) is 18.8 Å². The van der Waals surface area contributed by atoms with Gasteiger partial charge >= 0.3 is 0 Å². The lowest BCUT2D eigenvalue weighted by Crippen LogP contribution is -2.43. The number of hydrogen-bond acceptors (Lipinski definition) is 4. The van der Waals surface area contributed by atoms with Gasteiger partial charge in [0.25, 0.3) is 0 Å². The molecule has 3 rings (SSSR count). The summed E-state index contributed by atoms with van der Waals surface area (Å²) in [5, 5.41) is 11.7. The highest BCUT2D eigenvalue weighted by Gasteiger charge is 2.46. The Balaban J connectivity index is 1.99. The van der Waals surface area contributed by atoms with E-state index in [2.05, 4.69) is 27.6 Å². The van der Waals surface area contributed by atoms with E-state index >= 15 is 0 Å². The number of nitrogens with zero attached hydrogens (tertiary/aromatic N) is 2. The summed E-state index contributed by atoms with van der Waals surface area (Å²) in [6.45, 7) is 1.62. The molecule has 1 saturated heterocycles. The summed E-state index contributed by atoms with van der Waals surface area (Å²) in [5.74, 6) is 0.673. The third kappa shape index (κ3) is 1.56. The van der Waals surface area contributed by atoms with Crippen LogP contribution in [0, 0.1) is 3.57 Å². The van der Waals surface area contributed by atoms with Gasteiger partial charge in [-0.3, -0.25) is 4.99 Å². The van der Waals surface area contributed by atoms with Gasteiger partial charge in [-0.1, -0.05) is 23.9 Å². The summed E-state index contributed by atoms with van der Waals surface area (Å²) in [6, 6.07) is 8.07. The lowest BCUT2D eigenvalue weighted by Gasteiger charge is -2.31.